The molecule has 2 aromatic rings. The van der Waals surface area contributed by atoms with Crippen LogP contribution in [0.5, 0.6) is 0 Å². The van der Waals surface area contributed by atoms with Gasteiger partial charge in [0.2, 0.25) is 5.91 Å². The van der Waals surface area contributed by atoms with E-state index in [-0.39, 0.29) is 30.7 Å². The van der Waals surface area contributed by atoms with Crippen molar-refractivity contribution < 1.29 is 4.79 Å². The second kappa shape index (κ2) is 11.5. The predicted molar refractivity (Wildman–Crippen MR) is 113 cm³/mol. The van der Waals surface area contributed by atoms with Crippen LogP contribution in [0.15, 0.2) is 29.6 Å². The Morgan fingerprint density at radius 3 is 2.81 bits per heavy atom. The summed E-state index contributed by atoms with van der Waals surface area (Å²) in [7, 11) is 0. The molecule has 0 unspecified atom stereocenters. The maximum absolute atomic E-state index is 12.1. The van der Waals surface area contributed by atoms with E-state index in [2.05, 4.69) is 45.6 Å². The Labute approximate surface area is 171 Å². The van der Waals surface area contributed by atoms with Crippen molar-refractivity contribution in [2.75, 3.05) is 39.3 Å². The SMILES string of the molecule is Cc1cccc(-c2nc(CC(=O)NCCN3CCNCC3)cs2)c1.Cl.Cl. The van der Waals surface area contributed by atoms with Gasteiger partial charge in [-0.05, 0) is 13.0 Å². The molecular formula is C18H26Cl2N4OS. The summed E-state index contributed by atoms with van der Waals surface area (Å²) < 4.78 is 0. The van der Waals surface area contributed by atoms with Crippen LogP contribution in [0.1, 0.15) is 11.3 Å². The molecule has 0 spiro atoms. The predicted octanol–water partition coefficient (Wildman–Crippen LogP) is 2.53. The minimum Gasteiger partial charge on any atom is -0.354 e. The van der Waals surface area contributed by atoms with Crippen LogP contribution in [-0.4, -0.2) is 55.1 Å². The molecule has 1 saturated heterocycles. The average molecular weight is 417 g/mol. The fourth-order valence-electron chi connectivity index (χ4n) is 2.81. The van der Waals surface area contributed by atoms with Crippen molar-refractivity contribution in [2.45, 2.75) is 13.3 Å². The highest BCUT2D eigenvalue weighted by atomic mass is 35.5. The number of nitrogens with one attached hydrogen (secondary N) is 2. The van der Waals surface area contributed by atoms with E-state index in [1.165, 1.54) is 5.56 Å². The second-order valence-electron chi connectivity index (χ2n) is 6.13. The molecular weight excluding hydrogens is 391 g/mol. The highest BCUT2D eigenvalue weighted by molar-refractivity contribution is 7.13. The maximum atomic E-state index is 12.1. The van der Waals surface area contributed by atoms with Crippen molar-refractivity contribution in [3.05, 3.63) is 40.9 Å². The Hall–Kier alpha value is -1.18. The number of benzene rings is 1. The molecule has 0 radical (unpaired) electrons. The third-order valence-electron chi connectivity index (χ3n) is 4.12. The van der Waals surface area contributed by atoms with E-state index in [1.54, 1.807) is 11.3 Å². The van der Waals surface area contributed by atoms with E-state index in [9.17, 15) is 4.79 Å². The normalized spacial score (nSPS) is 14.2. The lowest BCUT2D eigenvalue weighted by atomic mass is 10.1. The lowest BCUT2D eigenvalue weighted by Gasteiger charge is -2.27. The lowest BCUT2D eigenvalue weighted by molar-refractivity contribution is -0.120. The summed E-state index contributed by atoms with van der Waals surface area (Å²) in [5.74, 6) is 0.0474. The fraction of sp³-hybridized carbons (Fsp3) is 0.444. The maximum Gasteiger partial charge on any atom is 0.226 e. The molecule has 0 saturated carbocycles. The van der Waals surface area contributed by atoms with Crippen LogP contribution in [-0.2, 0) is 11.2 Å². The topological polar surface area (TPSA) is 57.3 Å². The molecule has 0 bridgehead atoms. The molecule has 2 heterocycles. The zero-order valence-corrected chi connectivity index (χ0v) is 17.3. The fourth-order valence-corrected chi connectivity index (χ4v) is 3.63. The van der Waals surface area contributed by atoms with Crippen LogP contribution < -0.4 is 10.6 Å². The number of halogens is 2. The summed E-state index contributed by atoms with van der Waals surface area (Å²) in [5.41, 5.74) is 3.18. The van der Waals surface area contributed by atoms with Crippen LogP contribution in [0, 0.1) is 6.92 Å². The monoisotopic (exact) mass is 416 g/mol. The van der Waals surface area contributed by atoms with Gasteiger partial charge < -0.3 is 10.6 Å². The third-order valence-corrected chi connectivity index (χ3v) is 5.06. The highest BCUT2D eigenvalue weighted by Crippen LogP contribution is 2.24. The Balaban J connectivity index is 0.00000169. The van der Waals surface area contributed by atoms with E-state index in [4.69, 9.17) is 0 Å². The standard InChI is InChI=1S/C18H24N4OS.2ClH/c1-14-3-2-4-15(11-14)18-21-16(13-24-18)12-17(23)20-7-10-22-8-5-19-6-9-22;;/h2-4,11,13,19H,5-10,12H2,1H3,(H,20,23);2*1H. The first-order valence-corrected chi connectivity index (χ1v) is 9.30. The molecule has 0 atom stereocenters. The second-order valence-corrected chi connectivity index (χ2v) is 6.99. The summed E-state index contributed by atoms with van der Waals surface area (Å²) in [4.78, 5) is 19.0. The van der Waals surface area contributed by atoms with Gasteiger partial charge in [-0.15, -0.1) is 36.2 Å². The van der Waals surface area contributed by atoms with Gasteiger partial charge in [-0.3, -0.25) is 9.69 Å². The van der Waals surface area contributed by atoms with Crippen LogP contribution in [0.2, 0.25) is 0 Å². The van der Waals surface area contributed by atoms with E-state index < -0.39 is 0 Å². The van der Waals surface area contributed by atoms with Crippen molar-refractivity contribution in [2.24, 2.45) is 0 Å². The van der Waals surface area contributed by atoms with E-state index in [0.29, 0.717) is 13.0 Å². The summed E-state index contributed by atoms with van der Waals surface area (Å²) in [6, 6.07) is 8.29. The number of carbonyl (C=O) groups excluding carboxylic acids is 1. The molecule has 3 rings (SSSR count). The number of carbonyl (C=O) groups is 1. The van der Waals surface area contributed by atoms with Crippen molar-refractivity contribution >= 4 is 42.1 Å². The van der Waals surface area contributed by atoms with Crippen molar-refractivity contribution in [3.8, 4) is 10.6 Å². The largest absolute Gasteiger partial charge is 0.354 e. The molecule has 2 N–H and O–H groups in total. The number of hydrogen-bond donors (Lipinski definition) is 2. The number of piperazine rings is 1. The number of aromatic nitrogens is 1. The number of nitrogens with zero attached hydrogens (tertiary/aromatic N) is 2. The van der Waals surface area contributed by atoms with Gasteiger partial charge in [0, 0.05) is 50.2 Å². The molecule has 26 heavy (non-hydrogen) atoms. The molecule has 1 aliphatic rings. The number of thiazole rings is 1. The van der Waals surface area contributed by atoms with E-state index in [1.807, 2.05) is 11.4 Å². The summed E-state index contributed by atoms with van der Waals surface area (Å²) in [6.07, 6.45) is 0.351. The average Bonchev–Trinajstić information content (AvgIpc) is 3.04. The molecule has 1 fully saturated rings. The molecule has 1 aliphatic heterocycles. The van der Waals surface area contributed by atoms with Gasteiger partial charge in [0.25, 0.3) is 0 Å². The Kier molecular flexibility index (Phi) is 10.1. The molecule has 1 aromatic heterocycles. The van der Waals surface area contributed by atoms with Gasteiger partial charge in [0.05, 0.1) is 12.1 Å². The van der Waals surface area contributed by atoms with Crippen LogP contribution in [0.25, 0.3) is 10.6 Å². The van der Waals surface area contributed by atoms with Gasteiger partial charge in [0.1, 0.15) is 5.01 Å². The number of aryl methyl sites for hydroxylation is 1. The molecule has 1 aromatic carbocycles. The van der Waals surface area contributed by atoms with Crippen molar-refractivity contribution in [1.29, 1.82) is 0 Å². The summed E-state index contributed by atoms with van der Waals surface area (Å²) >= 11 is 1.59. The van der Waals surface area contributed by atoms with Crippen LogP contribution >= 0.6 is 36.2 Å². The van der Waals surface area contributed by atoms with E-state index >= 15 is 0 Å². The third kappa shape index (κ3) is 6.85. The first-order chi connectivity index (χ1) is 11.7. The molecule has 1 amide bonds. The minimum absolute atomic E-state index is 0. The Bertz CT molecular complexity index is 689. The smallest absolute Gasteiger partial charge is 0.226 e. The minimum atomic E-state index is 0. The van der Waals surface area contributed by atoms with E-state index in [0.717, 1.165) is 49.0 Å². The molecule has 0 aliphatic carbocycles. The molecule has 5 nitrogen and oxygen atoms in total. The molecule has 8 heteroatoms. The van der Waals surface area contributed by atoms with Crippen molar-refractivity contribution in [3.63, 3.8) is 0 Å². The van der Waals surface area contributed by atoms with Gasteiger partial charge in [-0.1, -0.05) is 23.8 Å². The zero-order chi connectivity index (χ0) is 16.8. The first-order valence-electron chi connectivity index (χ1n) is 8.42. The highest BCUT2D eigenvalue weighted by Gasteiger charge is 2.11. The van der Waals surface area contributed by atoms with Gasteiger partial charge in [-0.25, -0.2) is 4.98 Å². The van der Waals surface area contributed by atoms with Gasteiger partial charge in [-0.2, -0.15) is 0 Å². The number of amides is 1. The molecule has 144 valence electrons. The first kappa shape index (κ1) is 22.9. The zero-order valence-electron chi connectivity index (χ0n) is 14.9. The summed E-state index contributed by atoms with van der Waals surface area (Å²) in [5, 5.41) is 9.28. The number of hydrogen-bond acceptors (Lipinski definition) is 5. The van der Waals surface area contributed by atoms with Crippen LogP contribution in [0.3, 0.4) is 0 Å². The Morgan fingerprint density at radius 2 is 2.08 bits per heavy atom. The lowest BCUT2D eigenvalue weighted by Crippen LogP contribution is -2.46. The Morgan fingerprint density at radius 1 is 1.31 bits per heavy atom. The quantitative estimate of drug-likeness (QED) is 0.759. The van der Waals surface area contributed by atoms with Gasteiger partial charge in [0.15, 0.2) is 0 Å². The van der Waals surface area contributed by atoms with Crippen molar-refractivity contribution in [1.82, 2.24) is 20.5 Å². The summed E-state index contributed by atoms with van der Waals surface area (Å²) in [6.45, 7) is 7.88. The van der Waals surface area contributed by atoms with Crippen LogP contribution in [0.4, 0.5) is 0 Å². The van der Waals surface area contributed by atoms with Gasteiger partial charge >= 0.3 is 0 Å². The number of rotatable bonds is 6.